The lowest BCUT2D eigenvalue weighted by Crippen LogP contribution is -2.19. The molecule has 0 radical (unpaired) electrons. The number of benzene rings is 2. The van der Waals surface area contributed by atoms with Crippen molar-refractivity contribution in [3.8, 4) is 28.4 Å². The second kappa shape index (κ2) is 6.87. The standard InChI is InChI=1S/C19H14F2N2O3/c1-19(20,21)26-16-5-3-2-4-14(16)17-22-11-10-15(23-17)12-6-8-13(9-7-12)18(24)25/h2-11H,1H3,(H,24,25). The lowest BCUT2D eigenvalue weighted by Gasteiger charge is -2.15. The largest absolute Gasteiger partial charge is 0.478 e. The van der Waals surface area contributed by atoms with Crippen molar-refractivity contribution in [3.63, 3.8) is 0 Å². The predicted molar refractivity (Wildman–Crippen MR) is 91.1 cm³/mol. The van der Waals surface area contributed by atoms with Crippen LogP contribution in [0.3, 0.4) is 0 Å². The highest BCUT2D eigenvalue weighted by Crippen LogP contribution is 2.32. The quantitative estimate of drug-likeness (QED) is 0.729. The van der Waals surface area contributed by atoms with Crippen LogP contribution in [0.25, 0.3) is 22.6 Å². The third-order valence-corrected chi connectivity index (χ3v) is 3.50. The maximum absolute atomic E-state index is 13.2. The highest BCUT2D eigenvalue weighted by atomic mass is 19.3. The van der Waals surface area contributed by atoms with Crippen molar-refractivity contribution in [2.45, 2.75) is 13.0 Å². The van der Waals surface area contributed by atoms with E-state index in [0.29, 0.717) is 23.7 Å². The van der Waals surface area contributed by atoms with Crippen LogP contribution in [0, 0.1) is 0 Å². The summed E-state index contributed by atoms with van der Waals surface area (Å²) in [6.45, 7) is 0.658. The van der Waals surface area contributed by atoms with Gasteiger partial charge in [0.15, 0.2) is 5.82 Å². The van der Waals surface area contributed by atoms with Gasteiger partial charge < -0.3 is 9.84 Å². The lowest BCUT2D eigenvalue weighted by molar-refractivity contribution is -0.158. The van der Waals surface area contributed by atoms with Crippen molar-refractivity contribution >= 4 is 5.97 Å². The number of aromatic nitrogens is 2. The number of alkyl halides is 2. The summed E-state index contributed by atoms with van der Waals surface area (Å²) in [5.41, 5.74) is 1.70. The summed E-state index contributed by atoms with van der Waals surface area (Å²) in [5.74, 6) is -0.825. The number of ether oxygens (including phenoxy) is 1. The fraction of sp³-hybridized carbons (Fsp3) is 0.105. The number of aromatic carboxylic acids is 1. The molecule has 0 saturated heterocycles. The zero-order valence-electron chi connectivity index (χ0n) is 13.7. The van der Waals surface area contributed by atoms with Crippen LogP contribution in [0.4, 0.5) is 8.78 Å². The Morgan fingerprint density at radius 1 is 1.08 bits per heavy atom. The molecule has 0 bridgehead atoms. The van der Waals surface area contributed by atoms with Gasteiger partial charge in [0.05, 0.1) is 16.8 Å². The number of para-hydroxylation sites is 1. The van der Waals surface area contributed by atoms with E-state index in [1.165, 1.54) is 24.4 Å². The lowest BCUT2D eigenvalue weighted by atomic mass is 10.1. The third-order valence-electron chi connectivity index (χ3n) is 3.50. The minimum Gasteiger partial charge on any atom is -0.478 e. The van der Waals surface area contributed by atoms with Gasteiger partial charge in [0, 0.05) is 18.7 Å². The molecule has 0 unspecified atom stereocenters. The Morgan fingerprint density at radius 2 is 1.77 bits per heavy atom. The first-order chi connectivity index (χ1) is 12.3. The fourth-order valence-corrected chi connectivity index (χ4v) is 2.37. The third kappa shape index (κ3) is 4.00. The minimum atomic E-state index is -3.33. The number of carboxylic acid groups (broad SMARTS) is 1. The fourth-order valence-electron chi connectivity index (χ4n) is 2.37. The molecular weight excluding hydrogens is 342 g/mol. The summed E-state index contributed by atoms with van der Waals surface area (Å²) in [6, 6.07) is 14.1. The Morgan fingerprint density at radius 3 is 2.42 bits per heavy atom. The van der Waals surface area contributed by atoms with E-state index in [0.717, 1.165) is 0 Å². The van der Waals surface area contributed by atoms with E-state index in [2.05, 4.69) is 9.97 Å². The average molecular weight is 356 g/mol. The molecule has 1 aromatic heterocycles. The van der Waals surface area contributed by atoms with E-state index in [1.54, 1.807) is 36.4 Å². The number of hydrogen-bond donors (Lipinski definition) is 1. The molecule has 0 aliphatic rings. The molecule has 26 heavy (non-hydrogen) atoms. The predicted octanol–water partition coefficient (Wildman–Crippen LogP) is 4.50. The van der Waals surface area contributed by atoms with Crippen LogP contribution in [-0.2, 0) is 0 Å². The van der Waals surface area contributed by atoms with Crippen molar-refractivity contribution in [2.24, 2.45) is 0 Å². The van der Waals surface area contributed by atoms with Crippen LogP contribution in [0.1, 0.15) is 17.3 Å². The molecule has 0 aliphatic heterocycles. The molecule has 0 saturated carbocycles. The van der Waals surface area contributed by atoms with Crippen molar-refractivity contribution in [3.05, 3.63) is 66.4 Å². The summed E-state index contributed by atoms with van der Waals surface area (Å²) in [7, 11) is 0. The van der Waals surface area contributed by atoms with Gasteiger partial charge in [-0.15, -0.1) is 0 Å². The van der Waals surface area contributed by atoms with Crippen LogP contribution < -0.4 is 4.74 Å². The van der Waals surface area contributed by atoms with Gasteiger partial charge in [-0.1, -0.05) is 24.3 Å². The Bertz CT molecular complexity index is 938. The number of halogens is 2. The van der Waals surface area contributed by atoms with Crippen LogP contribution in [0.15, 0.2) is 60.8 Å². The van der Waals surface area contributed by atoms with Gasteiger partial charge in [-0.3, -0.25) is 0 Å². The molecule has 2 aromatic carbocycles. The Labute approximate surface area is 147 Å². The monoisotopic (exact) mass is 356 g/mol. The molecule has 0 spiro atoms. The van der Waals surface area contributed by atoms with Crippen molar-refractivity contribution < 1.29 is 23.4 Å². The first-order valence-corrected chi connectivity index (χ1v) is 7.66. The van der Waals surface area contributed by atoms with Gasteiger partial charge in [0.2, 0.25) is 0 Å². The topological polar surface area (TPSA) is 72.3 Å². The van der Waals surface area contributed by atoms with Crippen molar-refractivity contribution in [1.82, 2.24) is 9.97 Å². The van der Waals surface area contributed by atoms with Gasteiger partial charge in [-0.25, -0.2) is 14.8 Å². The van der Waals surface area contributed by atoms with E-state index >= 15 is 0 Å². The van der Waals surface area contributed by atoms with Crippen LogP contribution >= 0.6 is 0 Å². The zero-order valence-corrected chi connectivity index (χ0v) is 13.7. The molecular formula is C19H14F2N2O3. The summed E-state index contributed by atoms with van der Waals surface area (Å²) < 4.78 is 31.2. The molecule has 0 atom stereocenters. The summed E-state index contributed by atoms with van der Waals surface area (Å²) in [5, 5.41) is 8.96. The highest BCUT2D eigenvalue weighted by Gasteiger charge is 2.25. The zero-order chi connectivity index (χ0) is 18.7. The first-order valence-electron chi connectivity index (χ1n) is 7.66. The van der Waals surface area contributed by atoms with Crippen LogP contribution in [-0.4, -0.2) is 27.2 Å². The van der Waals surface area contributed by atoms with E-state index in [1.807, 2.05) is 0 Å². The van der Waals surface area contributed by atoms with E-state index in [4.69, 9.17) is 9.84 Å². The summed E-state index contributed by atoms with van der Waals surface area (Å²) in [4.78, 5) is 19.5. The molecule has 0 amide bonds. The molecule has 3 rings (SSSR count). The molecule has 132 valence electrons. The summed E-state index contributed by atoms with van der Waals surface area (Å²) >= 11 is 0. The number of rotatable bonds is 5. The average Bonchev–Trinajstić information content (AvgIpc) is 2.61. The molecule has 0 fully saturated rings. The van der Waals surface area contributed by atoms with Gasteiger partial charge >= 0.3 is 12.1 Å². The van der Waals surface area contributed by atoms with E-state index in [9.17, 15) is 13.6 Å². The van der Waals surface area contributed by atoms with Gasteiger partial charge in [0.1, 0.15) is 5.75 Å². The first kappa shape index (κ1) is 17.5. The SMILES string of the molecule is CC(F)(F)Oc1ccccc1-c1nccc(-c2ccc(C(=O)O)cc2)n1. The van der Waals surface area contributed by atoms with Crippen LogP contribution in [0.2, 0.25) is 0 Å². The Balaban J connectivity index is 1.99. The maximum Gasteiger partial charge on any atom is 0.394 e. The Hall–Kier alpha value is -3.35. The maximum atomic E-state index is 13.2. The molecule has 7 heteroatoms. The number of carbonyl (C=O) groups is 1. The van der Waals surface area contributed by atoms with E-state index < -0.39 is 12.1 Å². The number of hydrogen-bond acceptors (Lipinski definition) is 4. The molecule has 5 nitrogen and oxygen atoms in total. The number of carboxylic acids is 1. The second-order valence-corrected chi connectivity index (χ2v) is 5.55. The molecule has 1 heterocycles. The van der Waals surface area contributed by atoms with Crippen molar-refractivity contribution in [2.75, 3.05) is 0 Å². The smallest absolute Gasteiger partial charge is 0.394 e. The highest BCUT2D eigenvalue weighted by molar-refractivity contribution is 5.88. The number of nitrogens with zero attached hydrogens (tertiary/aromatic N) is 2. The molecule has 0 aliphatic carbocycles. The molecule has 1 N–H and O–H groups in total. The summed E-state index contributed by atoms with van der Waals surface area (Å²) in [6.07, 6.45) is -1.83. The molecule has 3 aromatic rings. The second-order valence-electron chi connectivity index (χ2n) is 5.55. The minimum absolute atomic E-state index is 0.0293. The van der Waals surface area contributed by atoms with Gasteiger partial charge in [0.25, 0.3) is 0 Å². The van der Waals surface area contributed by atoms with Gasteiger partial charge in [-0.05, 0) is 30.3 Å². The Kier molecular flexibility index (Phi) is 4.62. The van der Waals surface area contributed by atoms with Crippen LogP contribution in [0.5, 0.6) is 5.75 Å². The normalized spacial score (nSPS) is 11.2. The van der Waals surface area contributed by atoms with Crippen molar-refractivity contribution in [1.29, 1.82) is 0 Å². The van der Waals surface area contributed by atoms with Gasteiger partial charge in [-0.2, -0.15) is 8.78 Å². The van der Waals surface area contributed by atoms with E-state index in [-0.39, 0.29) is 17.1 Å².